The van der Waals surface area contributed by atoms with E-state index in [-0.39, 0.29) is 0 Å². The summed E-state index contributed by atoms with van der Waals surface area (Å²) in [7, 11) is 0. The van der Waals surface area contributed by atoms with Gasteiger partial charge in [-0.2, -0.15) is 0 Å². The van der Waals surface area contributed by atoms with Crippen molar-refractivity contribution in [2.75, 3.05) is 6.61 Å². The fourth-order valence-electron chi connectivity index (χ4n) is 1.97. The molecular formula is C13H22O. The van der Waals surface area contributed by atoms with Crippen molar-refractivity contribution >= 4 is 0 Å². The number of unbranched alkanes of at least 4 members (excludes halogenated alkanes) is 1. The number of aliphatic hydroxyl groups is 1. The molecule has 0 bridgehead atoms. The van der Waals surface area contributed by atoms with E-state index in [0.717, 1.165) is 12.8 Å². The molecule has 1 nitrogen and oxygen atoms in total. The SMILES string of the molecule is CC1(C)C=C(C=CCCCO)CCC1. The second-order valence-electron chi connectivity index (χ2n) is 4.83. The minimum absolute atomic E-state index is 0.300. The third kappa shape index (κ3) is 4.10. The molecule has 80 valence electrons. The van der Waals surface area contributed by atoms with Crippen molar-refractivity contribution in [3.05, 3.63) is 23.8 Å². The summed E-state index contributed by atoms with van der Waals surface area (Å²) in [4.78, 5) is 0. The van der Waals surface area contributed by atoms with Crippen LogP contribution in [0.15, 0.2) is 23.8 Å². The Kier molecular flexibility index (Phi) is 4.40. The first-order valence-corrected chi connectivity index (χ1v) is 5.63. The molecule has 0 amide bonds. The molecule has 0 saturated carbocycles. The van der Waals surface area contributed by atoms with Gasteiger partial charge in [0.05, 0.1) is 0 Å². The highest BCUT2D eigenvalue weighted by molar-refractivity contribution is 5.23. The molecule has 1 aliphatic rings. The maximum atomic E-state index is 8.64. The lowest BCUT2D eigenvalue weighted by atomic mass is 9.79. The van der Waals surface area contributed by atoms with Crippen LogP contribution in [-0.4, -0.2) is 11.7 Å². The van der Waals surface area contributed by atoms with Crippen molar-refractivity contribution in [3.63, 3.8) is 0 Å². The molecular weight excluding hydrogens is 172 g/mol. The highest BCUT2D eigenvalue weighted by atomic mass is 16.2. The summed E-state index contributed by atoms with van der Waals surface area (Å²) in [5.74, 6) is 0. The molecule has 0 aromatic carbocycles. The molecule has 0 aliphatic heterocycles. The van der Waals surface area contributed by atoms with Gasteiger partial charge in [0.15, 0.2) is 0 Å². The lowest BCUT2D eigenvalue weighted by Gasteiger charge is -2.26. The van der Waals surface area contributed by atoms with Crippen LogP contribution in [0.2, 0.25) is 0 Å². The first-order valence-electron chi connectivity index (χ1n) is 5.63. The van der Waals surface area contributed by atoms with Gasteiger partial charge in [0.25, 0.3) is 0 Å². The molecule has 1 aliphatic carbocycles. The Morgan fingerprint density at radius 1 is 1.50 bits per heavy atom. The van der Waals surface area contributed by atoms with E-state index < -0.39 is 0 Å². The first kappa shape index (κ1) is 11.5. The number of hydrogen-bond acceptors (Lipinski definition) is 1. The third-order valence-corrected chi connectivity index (χ3v) is 2.72. The maximum absolute atomic E-state index is 8.64. The van der Waals surface area contributed by atoms with E-state index in [4.69, 9.17) is 5.11 Å². The van der Waals surface area contributed by atoms with Crippen LogP contribution in [0.5, 0.6) is 0 Å². The molecule has 0 saturated heterocycles. The summed E-state index contributed by atoms with van der Waals surface area (Å²) < 4.78 is 0. The number of allylic oxidation sites excluding steroid dienone is 4. The molecule has 14 heavy (non-hydrogen) atoms. The van der Waals surface area contributed by atoms with Crippen LogP contribution >= 0.6 is 0 Å². The van der Waals surface area contributed by atoms with Gasteiger partial charge in [-0.25, -0.2) is 0 Å². The zero-order valence-electron chi connectivity index (χ0n) is 9.42. The molecule has 1 heteroatoms. The Balaban J connectivity index is 2.44. The fourth-order valence-corrected chi connectivity index (χ4v) is 1.97. The van der Waals surface area contributed by atoms with Crippen LogP contribution in [0.3, 0.4) is 0 Å². The Bertz CT molecular complexity index is 223. The van der Waals surface area contributed by atoms with Crippen LogP contribution < -0.4 is 0 Å². The van der Waals surface area contributed by atoms with E-state index in [2.05, 4.69) is 32.1 Å². The van der Waals surface area contributed by atoms with Gasteiger partial charge in [0, 0.05) is 6.61 Å². The quantitative estimate of drug-likeness (QED) is 0.680. The smallest absolute Gasteiger partial charge is 0.0433 e. The molecule has 0 radical (unpaired) electrons. The van der Waals surface area contributed by atoms with Crippen LogP contribution in [0, 0.1) is 5.41 Å². The van der Waals surface area contributed by atoms with E-state index in [0.29, 0.717) is 12.0 Å². The monoisotopic (exact) mass is 194 g/mol. The van der Waals surface area contributed by atoms with Gasteiger partial charge < -0.3 is 5.11 Å². The molecule has 0 atom stereocenters. The van der Waals surface area contributed by atoms with Crippen molar-refractivity contribution in [1.82, 2.24) is 0 Å². The minimum atomic E-state index is 0.300. The molecule has 0 heterocycles. The van der Waals surface area contributed by atoms with Crippen LogP contribution in [0.4, 0.5) is 0 Å². The van der Waals surface area contributed by atoms with Crippen LogP contribution in [0.25, 0.3) is 0 Å². The molecule has 0 aromatic rings. The van der Waals surface area contributed by atoms with Gasteiger partial charge >= 0.3 is 0 Å². The largest absolute Gasteiger partial charge is 0.396 e. The Morgan fingerprint density at radius 3 is 2.93 bits per heavy atom. The molecule has 0 fully saturated rings. The Labute approximate surface area is 87.5 Å². The number of aliphatic hydroxyl groups excluding tert-OH is 1. The zero-order valence-corrected chi connectivity index (χ0v) is 9.42. The van der Waals surface area contributed by atoms with Crippen molar-refractivity contribution in [2.24, 2.45) is 5.41 Å². The van der Waals surface area contributed by atoms with Gasteiger partial charge in [0.1, 0.15) is 0 Å². The summed E-state index contributed by atoms with van der Waals surface area (Å²) in [6, 6.07) is 0. The van der Waals surface area contributed by atoms with Gasteiger partial charge in [-0.15, -0.1) is 0 Å². The maximum Gasteiger partial charge on any atom is 0.0433 e. The fraction of sp³-hybridized carbons (Fsp3) is 0.692. The lowest BCUT2D eigenvalue weighted by Crippen LogP contribution is -2.12. The van der Waals surface area contributed by atoms with Crippen LogP contribution in [0.1, 0.15) is 46.0 Å². The first-order chi connectivity index (χ1) is 6.64. The van der Waals surface area contributed by atoms with Crippen molar-refractivity contribution in [2.45, 2.75) is 46.0 Å². The highest BCUT2D eigenvalue weighted by Crippen LogP contribution is 2.33. The van der Waals surface area contributed by atoms with E-state index in [1.54, 1.807) is 0 Å². The molecule has 0 aromatic heterocycles. The molecule has 0 spiro atoms. The van der Waals surface area contributed by atoms with Crippen molar-refractivity contribution < 1.29 is 5.11 Å². The van der Waals surface area contributed by atoms with E-state index >= 15 is 0 Å². The number of rotatable bonds is 4. The minimum Gasteiger partial charge on any atom is -0.396 e. The Morgan fingerprint density at radius 2 is 2.29 bits per heavy atom. The standard InChI is InChI=1S/C13H22O/c1-13(2)9-6-8-12(11-13)7-4-3-5-10-14/h4,7,11,14H,3,5-6,8-10H2,1-2H3. The summed E-state index contributed by atoms with van der Waals surface area (Å²) in [6.07, 6.45) is 12.5. The third-order valence-electron chi connectivity index (χ3n) is 2.72. The molecule has 0 unspecified atom stereocenters. The summed E-state index contributed by atoms with van der Waals surface area (Å²) in [5, 5.41) is 8.64. The normalized spacial score (nSPS) is 21.2. The molecule has 1 N–H and O–H groups in total. The second kappa shape index (κ2) is 5.35. The van der Waals surface area contributed by atoms with Gasteiger partial charge in [-0.3, -0.25) is 0 Å². The Hall–Kier alpha value is -0.560. The predicted octanol–water partition coefficient (Wildman–Crippen LogP) is 3.45. The number of hydrogen-bond donors (Lipinski definition) is 1. The summed E-state index contributed by atoms with van der Waals surface area (Å²) in [5.41, 5.74) is 1.86. The average Bonchev–Trinajstić information content (AvgIpc) is 2.11. The van der Waals surface area contributed by atoms with E-state index in [1.807, 2.05) is 0 Å². The molecule has 1 rings (SSSR count). The van der Waals surface area contributed by atoms with E-state index in [1.165, 1.54) is 24.8 Å². The van der Waals surface area contributed by atoms with Gasteiger partial charge in [-0.05, 0) is 37.5 Å². The van der Waals surface area contributed by atoms with Gasteiger partial charge in [-0.1, -0.05) is 37.6 Å². The highest BCUT2D eigenvalue weighted by Gasteiger charge is 2.18. The van der Waals surface area contributed by atoms with Crippen LogP contribution in [-0.2, 0) is 0 Å². The summed E-state index contributed by atoms with van der Waals surface area (Å²) >= 11 is 0. The van der Waals surface area contributed by atoms with Crippen molar-refractivity contribution in [3.8, 4) is 0 Å². The zero-order chi connectivity index (χ0) is 10.4. The van der Waals surface area contributed by atoms with Gasteiger partial charge in [0.2, 0.25) is 0 Å². The predicted molar refractivity (Wildman–Crippen MR) is 61.2 cm³/mol. The van der Waals surface area contributed by atoms with E-state index in [9.17, 15) is 0 Å². The van der Waals surface area contributed by atoms with Crippen molar-refractivity contribution in [1.29, 1.82) is 0 Å². The second-order valence-corrected chi connectivity index (χ2v) is 4.83. The topological polar surface area (TPSA) is 20.2 Å². The lowest BCUT2D eigenvalue weighted by molar-refractivity contribution is 0.289. The summed E-state index contributed by atoms with van der Waals surface area (Å²) in [6.45, 7) is 4.90. The average molecular weight is 194 g/mol.